The molecule has 25 heavy (non-hydrogen) atoms. The molecule has 142 valence electrons. The number of aliphatic carboxylic acids is 1. The van der Waals surface area contributed by atoms with Crippen molar-refractivity contribution in [1.29, 1.82) is 0 Å². The highest BCUT2D eigenvalue weighted by molar-refractivity contribution is 5.77. The quantitative estimate of drug-likeness (QED) is 0.629. The van der Waals surface area contributed by atoms with E-state index in [0.29, 0.717) is 24.7 Å². The first-order chi connectivity index (χ1) is 11.7. The highest BCUT2D eigenvalue weighted by atomic mass is 16.5. The molecule has 6 heteroatoms. The number of aliphatic hydroxyl groups is 2. The number of fused-ring (bicyclic) bond motifs is 5. The summed E-state index contributed by atoms with van der Waals surface area (Å²) >= 11 is 0. The third-order valence-electron chi connectivity index (χ3n) is 6.91. The van der Waals surface area contributed by atoms with Crippen LogP contribution in [-0.4, -0.2) is 45.6 Å². The minimum Gasteiger partial charge on any atom is -0.481 e. The Balaban J connectivity index is 1.63. The first kappa shape index (κ1) is 18.6. The summed E-state index contributed by atoms with van der Waals surface area (Å²) in [5, 5.41) is 29.5. The average Bonchev–Trinajstić information content (AvgIpc) is 3.17. The molecule has 3 saturated carbocycles. The second-order valence-electron chi connectivity index (χ2n) is 8.90. The molecule has 0 heterocycles. The van der Waals surface area contributed by atoms with Gasteiger partial charge in [-0.2, -0.15) is 0 Å². The Kier molecular flexibility index (Phi) is 4.88. The Morgan fingerprint density at radius 1 is 1.16 bits per heavy atom. The number of rotatable bonds is 6. The van der Waals surface area contributed by atoms with Crippen LogP contribution in [0.1, 0.15) is 52.9 Å². The van der Waals surface area contributed by atoms with Gasteiger partial charge in [0.2, 0.25) is 0 Å². The Morgan fingerprint density at radius 3 is 2.44 bits per heavy atom. The SMILES string of the molecule is CCC(CC(C)(C)C(=O)O)C(=O)OC1CC2CC1C1C(O)C(O)CC21. The van der Waals surface area contributed by atoms with Gasteiger partial charge in [0.25, 0.3) is 0 Å². The number of aliphatic hydroxyl groups excluding tert-OH is 2. The topological polar surface area (TPSA) is 104 Å². The molecular weight excluding hydrogens is 324 g/mol. The van der Waals surface area contributed by atoms with E-state index in [9.17, 15) is 24.9 Å². The van der Waals surface area contributed by atoms with E-state index in [1.165, 1.54) is 0 Å². The summed E-state index contributed by atoms with van der Waals surface area (Å²) in [6.07, 6.45) is 1.63. The minimum atomic E-state index is -0.967. The zero-order chi connectivity index (χ0) is 18.5. The maximum atomic E-state index is 12.6. The second kappa shape index (κ2) is 6.54. The summed E-state index contributed by atoms with van der Waals surface area (Å²) < 4.78 is 5.79. The molecule has 0 aromatic carbocycles. The molecule has 6 nitrogen and oxygen atoms in total. The maximum absolute atomic E-state index is 12.6. The van der Waals surface area contributed by atoms with Crippen LogP contribution in [0.4, 0.5) is 0 Å². The molecule has 8 unspecified atom stereocenters. The van der Waals surface area contributed by atoms with E-state index in [4.69, 9.17) is 4.74 Å². The van der Waals surface area contributed by atoms with Gasteiger partial charge >= 0.3 is 11.9 Å². The molecule has 3 aliphatic rings. The third-order valence-corrected chi connectivity index (χ3v) is 6.91. The molecule has 8 atom stereocenters. The van der Waals surface area contributed by atoms with E-state index in [1.807, 2.05) is 6.92 Å². The lowest BCUT2D eigenvalue weighted by Crippen LogP contribution is -2.39. The van der Waals surface area contributed by atoms with Gasteiger partial charge in [0, 0.05) is 5.92 Å². The number of hydrogen-bond acceptors (Lipinski definition) is 5. The summed E-state index contributed by atoms with van der Waals surface area (Å²) in [5.41, 5.74) is -0.967. The standard InChI is InChI=1S/C19H30O6/c1-4-9(8-19(2,3)18(23)24)17(22)25-14-6-10-5-12(14)15-11(10)7-13(20)16(15)21/h9-16,20-21H,4-8H2,1-3H3,(H,23,24). The Labute approximate surface area is 148 Å². The van der Waals surface area contributed by atoms with Crippen LogP contribution in [0.15, 0.2) is 0 Å². The van der Waals surface area contributed by atoms with Crippen molar-refractivity contribution < 1.29 is 29.6 Å². The normalized spacial score (nSPS) is 40.8. The molecule has 3 rings (SSSR count). The number of carboxylic acids is 1. The van der Waals surface area contributed by atoms with Crippen molar-refractivity contribution in [1.82, 2.24) is 0 Å². The fourth-order valence-corrected chi connectivity index (χ4v) is 5.47. The number of carbonyl (C=O) groups is 2. The first-order valence-electron chi connectivity index (χ1n) is 9.45. The number of carboxylic acid groups (broad SMARTS) is 1. The van der Waals surface area contributed by atoms with Crippen molar-refractivity contribution in [2.24, 2.45) is 35.0 Å². The predicted molar refractivity (Wildman–Crippen MR) is 89.5 cm³/mol. The van der Waals surface area contributed by atoms with E-state index in [-0.39, 0.29) is 30.3 Å². The zero-order valence-corrected chi connectivity index (χ0v) is 15.2. The molecule has 3 fully saturated rings. The van der Waals surface area contributed by atoms with E-state index >= 15 is 0 Å². The Bertz CT molecular complexity index is 544. The third kappa shape index (κ3) is 3.19. The first-order valence-corrected chi connectivity index (χ1v) is 9.45. The maximum Gasteiger partial charge on any atom is 0.309 e. The van der Waals surface area contributed by atoms with Gasteiger partial charge in [0.05, 0.1) is 23.5 Å². The summed E-state index contributed by atoms with van der Waals surface area (Å²) in [6, 6.07) is 0. The van der Waals surface area contributed by atoms with Crippen LogP contribution in [0, 0.1) is 35.0 Å². The van der Waals surface area contributed by atoms with Gasteiger partial charge in [-0.05, 0) is 63.7 Å². The van der Waals surface area contributed by atoms with Crippen molar-refractivity contribution in [2.45, 2.75) is 71.2 Å². The minimum absolute atomic E-state index is 0.0297. The van der Waals surface area contributed by atoms with Crippen molar-refractivity contribution in [3.63, 3.8) is 0 Å². The van der Waals surface area contributed by atoms with Gasteiger partial charge < -0.3 is 20.1 Å². The van der Waals surface area contributed by atoms with Crippen LogP contribution in [0.5, 0.6) is 0 Å². The molecule has 0 aromatic heterocycles. The second-order valence-corrected chi connectivity index (χ2v) is 8.90. The van der Waals surface area contributed by atoms with E-state index in [0.717, 1.165) is 12.8 Å². The van der Waals surface area contributed by atoms with Gasteiger partial charge in [0.1, 0.15) is 6.10 Å². The van der Waals surface area contributed by atoms with Crippen molar-refractivity contribution in [2.75, 3.05) is 0 Å². The van der Waals surface area contributed by atoms with Gasteiger partial charge in [-0.3, -0.25) is 9.59 Å². The zero-order valence-electron chi connectivity index (χ0n) is 15.2. The van der Waals surface area contributed by atoms with E-state index in [2.05, 4.69) is 0 Å². The lowest BCUT2D eigenvalue weighted by molar-refractivity contribution is -0.162. The molecule has 2 bridgehead atoms. The van der Waals surface area contributed by atoms with E-state index < -0.39 is 29.5 Å². The largest absolute Gasteiger partial charge is 0.481 e. The monoisotopic (exact) mass is 354 g/mol. The Morgan fingerprint density at radius 2 is 1.84 bits per heavy atom. The summed E-state index contributed by atoms with van der Waals surface area (Å²) in [5.74, 6) is -0.755. The summed E-state index contributed by atoms with van der Waals surface area (Å²) in [7, 11) is 0. The highest BCUT2D eigenvalue weighted by Gasteiger charge is 2.60. The molecule has 0 saturated heterocycles. The van der Waals surface area contributed by atoms with Gasteiger partial charge in [-0.1, -0.05) is 6.92 Å². The fourth-order valence-electron chi connectivity index (χ4n) is 5.47. The lowest BCUT2D eigenvalue weighted by Gasteiger charge is -2.33. The number of hydrogen-bond donors (Lipinski definition) is 3. The predicted octanol–water partition coefficient (Wildman–Crippen LogP) is 1.82. The van der Waals surface area contributed by atoms with Crippen LogP contribution in [0.3, 0.4) is 0 Å². The highest BCUT2D eigenvalue weighted by Crippen LogP contribution is 2.59. The Hall–Kier alpha value is -1.14. The van der Waals surface area contributed by atoms with Crippen molar-refractivity contribution in [3.05, 3.63) is 0 Å². The average molecular weight is 354 g/mol. The lowest BCUT2D eigenvalue weighted by atomic mass is 9.79. The van der Waals surface area contributed by atoms with Crippen LogP contribution >= 0.6 is 0 Å². The molecule has 0 amide bonds. The number of carbonyl (C=O) groups excluding carboxylic acids is 1. The molecular formula is C19H30O6. The molecule has 3 N–H and O–H groups in total. The number of esters is 1. The van der Waals surface area contributed by atoms with Gasteiger partial charge in [-0.15, -0.1) is 0 Å². The molecule has 3 aliphatic carbocycles. The molecule has 0 aliphatic heterocycles. The van der Waals surface area contributed by atoms with Crippen LogP contribution in [0.25, 0.3) is 0 Å². The van der Waals surface area contributed by atoms with E-state index in [1.54, 1.807) is 13.8 Å². The number of ether oxygens (including phenoxy) is 1. The summed E-state index contributed by atoms with van der Waals surface area (Å²) in [4.78, 5) is 23.9. The van der Waals surface area contributed by atoms with Crippen LogP contribution in [0.2, 0.25) is 0 Å². The molecule has 0 radical (unpaired) electrons. The fraction of sp³-hybridized carbons (Fsp3) is 0.895. The molecule has 0 aromatic rings. The smallest absolute Gasteiger partial charge is 0.309 e. The van der Waals surface area contributed by atoms with Crippen LogP contribution < -0.4 is 0 Å². The van der Waals surface area contributed by atoms with Crippen LogP contribution in [-0.2, 0) is 14.3 Å². The molecule has 0 spiro atoms. The van der Waals surface area contributed by atoms with Crippen molar-refractivity contribution >= 4 is 11.9 Å². The van der Waals surface area contributed by atoms with Gasteiger partial charge in [-0.25, -0.2) is 0 Å². The van der Waals surface area contributed by atoms with Crippen molar-refractivity contribution in [3.8, 4) is 0 Å². The summed E-state index contributed by atoms with van der Waals surface area (Å²) in [6.45, 7) is 5.13. The van der Waals surface area contributed by atoms with Gasteiger partial charge in [0.15, 0.2) is 0 Å².